The maximum absolute atomic E-state index is 4.74. The van der Waals surface area contributed by atoms with E-state index in [9.17, 15) is 0 Å². The summed E-state index contributed by atoms with van der Waals surface area (Å²) in [6, 6.07) is 44.7. The Morgan fingerprint density at radius 1 is 0.500 bits per heavy atom. The highest BCUT2D eigenvalue weighted by Gasteiger charge is 2.16. The molecule has 4 aromatic carbocycles. The first kappa shape index (κ1) is 26.3. The zero-order valence-electron chi connectivity index (χ0n) is 23.0. The summed E-state index contributed by atoms with van der Waals surface area (Å²) in [5, 5.41) is 5.52. The predicted molar refractivity (Wildman–Crippen MR) is 181 cm³/mol. The molecule has 42 heavy (non-hydrogen) atoms. The molecule has 0 saturated carbocycles. The second kappa shape index (κ2) is 12.1. The van der Waals surface area contributed by atoms with Gasteiger partial charge in [-0.1, -0.05) is 109 Å². The van der Waals surface area contributed by atoms with Crippen molar-refractivity contribution in [1.29, 1.82) is 0 Å². The summed E-state index contributed by atoms with van der Waals surface area (Å²) < 4.78 is 1.28. The Hall–Kier alpha value is -4.64. The van der Waals surface area contributed by atoms with Gasteiger partial charge in [-0.05, 0) is 51.2 Å². The lowest BCUT2D eigenvalue weighted by Crippen LogP contribution is -2.11. The molecule has 0 spiro atoms. The fraction of sp³-hybridized carbons (Fsp3) is 0.0526. The molecule has 4 heteroatoms. The van der Waals surface area contributed by atoms with Crippen LogP contribution in [0.1, 0.15) is 16.0 Å². The van der Waals surface area contributed by atoms with Crippen LogP contribution in [0.2, 0.25) is 0 Å². The maximum Gasteiger partial charge on any atom is 0.0788 e. The van der Waals surface area contributed by atoms with E-state index < -0.39 is 0 Å². The molecule has 0 fully saturated rings. The number of aliphatic imine (C=N–C) groups is 1. The molecule has 0 atom stereocenters. The van der Waals surface area contributed by atoms with Gasteiger partial charge in [0.25, 0.3) is 0 Å². The lowest BCUT2D eigenvalue weighted by Gasteiger charge is -2.13. The third kappa shape index (κ3) is 5.47. The molecule has 0 saturated heterocycles. The summed E-state index contributed by atoms with van der Waals surface area (Å²) in [6.07, 6.45) is 2.97. The van der Waals surface area contributed by atoms with Crippen LogP contribution in [0.4, 0.5) is 0 Å². The Balaban J connectivity index is 0.000000137. The Bertz CT molecular complexity index is 1950. The second-order valence-corrected chi connectivity index (χ2v) is 12.1. The van der Waals surface area contributed by atoms with Crippen molar-refractivity contribution in [1.82, 2.24) is 4.98 Å². The first-order valence-corrected chi connectivity index (χ1v) is 15.8. The molecular formula is C38H28N2S2. The Kier molecular flexibility index (Phi) is 7.55. The largest absolute Gasteiger partial charge is 0.284 e. The van der Waals surface area contributed by atoms with Crippen molar-refractivity contribution in [2.45, 2.75) is 6.42 Å². The van der Waals surface area contributed by atoms with Gasteiger partial charge in [0, 0.05) is 50.8 Å². The summed E-state index contributed by atoms with van der Waals surface area (Å²) >= 11 is 3.60. The van der Waals surface area contributed by atoms with Crippen molar-refractivity contribution in [3.05, 3.63) is 160 Å². The number of thiophene rings is 2. The molecule has 1 aliphatic heterocycles. The fourth-order valence-corrected chi connectivity index (χ4v) is 7.02. The summed E-state index contributed by atoms with van der Waals surface area (Å²) in [7, 11) is 0. The molecular weight excluding hydrogens is 549 g/mol. The average molecular weight is 577 g/mol. The van der Waals surface area contributed by atoms with Crippen molar-refractivity contribution in [3.63, 3.8) is 0 Å². The van der Waals surface area contributed by atoms with Crippen molar-refractivity contribution in [2.24, 2.45) is 4.99 Å². The number of nitrogens with zero attached hydrogens (tertiary/aromatic N) is 2. The molecule has 0 unspecified atom stereocenters. The molecule has 0 radical (unpaired) electrons. The Labute approximate surface area is 254 Å². The highest BCUT2D eigenvalue weighted by atomic mass is 32.1. The molecule has 4 heterocycles. The molecule has 202 valence electrons. The highest BCUT2D eigenvalue weighted by molar-refractivity contribution is 7.17. The zero-order chi connectivity index (χ0) is 28.1. The maximum atomic E-state index is 4.74. The van der Waals surface area contributed by atoms with Gasteiger partial charge in [0.15, 0.2) is 0 Å². The van der Waals surface area contributed by atoms with Gasteiger partial charge >= 0.3 is 0 Å². The highest BCUT2D eigenvalue weighted by Crippen LogP contribution is 2.31. The van der Waals surface area contributed by atoms with Crippen molar-refractivity contribution >= 4 is 38.5 Å². The van der Waals surface area contributed by atoms with Crippen LogP contribution in [0.25, 0.3) is 43.6 Å². The second-order valence-electron chi connectivity index (χ2n) is 10.1. The van der Waals surface area contributed by atoms with Crippen molar-refractivity contribution in [2.75, 3.05) is 6.54 Å². The van der Waals surface area contributed by atoms with Gasteiger partial charge < -0.3 is 0 Å². The molecule has 7 aromatic rings. The van der Waals surface area contributed by atoms with E-state index in [1.54, 1.807) is 11.3 Å². The third-order valence-electron chi connectivity index (χ3n) is 7.52. The van der Waals surface area contributed by atoms with Crippen LogP contribution in [-0.2, 0) is 6.42 Å². The van der Waals surface area contributed by atoms with Gasteiger partial charge in [0.2, 0.25) is 0 Å². The molecule has 3 aromatic heterocycles. The average Bonchev–Trinajstić information content (AvgIpc) is 3.76. The topological polar surface area (TPSA) is 25.2 Å². The normalized spacial score (nSPS) is 12.2. The van der Waals surface area contributed by atoms with Crippen LogP contribution in [-0.4, -0.2) is 17.2 Å². The van der Waals surface area contributed by atoms with Gasteiger partial charge in [0.05, 0.1) is 11.4 Å². The smallest absolute Gasteiger partial charge is 0.0788 e. The van der Waals surface area contributed by atoms with Crippen LogP contribution in [0, 0.1) is 0 Å². The minimum absolute atomic E-state index is 0.906. The first-order valence-electron chi connectivity index (χ1n) is 14.1. The van der Waals surface area contributed by atoms with E-state index in [0.717, 1.165) is 24.4 Å². The number of aromatic nitrogens is 1. The number of hydrogen-bond acceptors (Lipinski definition) is 4. The third-order valence-corrected chi connectivity index (χ3v) is 9.38. The summed E-state index contributed by atoms with van der Waals surface area (Å²) in [5.41, 5.74) is 10.9. The van der Waals surface area contributed by atoms with Gasteiger partial charge in [-0.25, -0.2) is 0 Å². The first-order chi connectivity index (χ1) is 20.8. The van der Waals surface area contributed by atoms with E-state index >= 15 is 0 Å². The molecule has 8 rings (SSSR count). The van der Waals surface area contributed by atoms with Gasteiger partial charge in [-0.3, -0.25) is 9.98 Å². The van der Waals surface area contributed by atoms with Crippen LogP contribution in [0.3, 0.4) is 0 Å². The Morgan fingerprint density at radius 2 is 1.07 bits per heavy atom. The fourth-order valence-electron chi connectivity index (χ4n) is 5.37. The minimum Gasteiger partial charge on any atom is -0.284 e. The molecule has 2 nitrogen and oxygen atoms in total. The number of benzene rings is 4. The predicted octanol–water partition coefficient (Wildman–Crippen LogP) is 10.4. The van der Waals surface area contributed by atoms with E-state index in [2.05, 4.69) is 131 Å². The van der Waals surface area contributed by atoms with E-state index in [0.29, 0.717) is 0 Å². The standard InChI is InChI=1S/C19H15NS.C19H13NS/c2*1-2-4-14(5-3-1)15-6-8-16(9-7-15)19-17-11-13-21-18(17)10-12-20-19/h1-9,11,13H,10,12H2;1-13H. The Morgan fingerprint density at radius 3 is 1.74 bits per heavy atom. The SMILES string of the molecule is c1ccc(-c2ccc(-c3nccc4sccc34)cc2)cc1.c1ccc(-c2ccc(C3=NCCc4sccc43)cc2)cc1. The zero-order valence-corrected chi connectivity index (χ0v) is 24.6. The molecule has 0 aliphatic carbocycles. The van der Waals surface area contributed by atoms with E-state index in [1.807, 2.05) is 29.7 Å². The minimum atomic E-state index is 0.906. The lowest BCUT2D eigenvalue weighted by molar-refractivity contribution is 0.965. The van der Waals surface area contributed by atoms with Crippen LogP contribution < -0.4 is 0 Å². The molecule has 0 amide bonds. The summed E-state index contributed by atoms with van der Waals surface area (Å²) in [5.74, 6) is 0. The van der Waals surface area contributed by atoms with Gasteiger partial charge in [0.1, 0.15) is 0 Å². The monoisotopic (exact) mass is 576 g/mol. The molecule has 0 bridgehead atoms. The van der Waals surface area contributed by atoms with Crippen LogP contribution in [0.5, 0.6) is 0 Å². The molecule has 1 aliphatic rings. The summed E-state index contributed by atoms with van der Waals surface area (Å²) in [6.45, 7) is 0.906. The number of pyridine rings is 1. The van der Waals surface area contributed by atoms with Gasteiger partial charge in [-0.2, -0.15) is 0 Å². The van der Waals surface area contributed by atoms with Crippen LogP contribution in [0.15, 0.2) is 149 Å². The number of hydrogen-bond donors (Lipinski definition) is 0. The lowest BCUT2D eigenvalue weighted by atomic mass is 9.97. The van der Waals surface area contributed by atoms with E-state index in [4.69, 9.17) is 4.99 Å². The van der Waals surface area contributed by atoms with Crippen LogP contribution >= 0.6 is 22.7 Å². The quantitative estimate of drug-likeness (QED) is 0.205. The number of fused-ring (bicyclic) bond motifs is 2. The van der Waals surface area contributed by atoms with E-state index in [-0.39, 0.29) is 0 Å². The van der Waals surface area contributed by atoms with Crippen molar-refractivity contribution < 1.29 is 0 Å². The number of rotatable bonds is 4. The van der Waals surface area contributed by atoms with Gasteiger partial charge in [-0.15, -0.1) is 22.7 Å². The van der Waals surface area contributed by atoms with E-state index in [1.165, 1.54) is 53.9 Å². The summed E-state index contributed by atoms with van der Waals surface area (Å²) in [4.78, 5) is 10.8. The van der Waals surface area contributed by atoms with Crippen molar-refractivity contribution in [3.8, 4) is 33.5 Å². The molecule has 0 N–H and O–H groups in total.